The molecule has 0 aliphatic heterocycles. The van der Waals surface area contributed by atoms with Gasteiger partial charge in [-0.2, -0.15) is 0 Å². The minimum atomic E-state index is 0.856. The second-order valence-corrected chi connectivity index (χ2v) is 2.61. The van der Waals surface area contributed by atoms with Crippen LogP contribution < -0.4 is 0 Å². The molecule has 0 rings (SSSR count). The first-order chi connectivity index (χ1) is 6.21. The first-order valence-electron chi connectivity index (χ1n) is 4.35. The van der Waals surface area contributed by atoms with E-state index in [0.717, 1.165) is 23.1 Å². The van der Waals surface area contributed by atoms with E-state index in [1.807, 2.05) is 19.1 Å². The Balaban J connectivity index is 4.88. The van der Waals surface area contributed by atoms with Crippen LogP contribution in [0.15, 0.2) is 48.1 Å². The van der Waals surface area contributed by atoms with Gasteiger partial charge < -0.3 is 0 Å². The third kappa shape index (κ3) is 3.17. The molecule has 0 aliphatic rings. The van der Waals surface area contributed by atoms with Gasteiger partial charge >= 0.3 is 0 Å². The van der Waals surface area contributed by atoms with Crippen molar-refractivity contribution in [2.45, 2.75) is 20.3 Å². The van der Waals surface area contributed by atoms with Gasteiger partial charge in [-0.3, -0.25) is 0 Å². The number of hydrogen-bond acceptors (Lipinski definition) is 0. The normalized spacial score (nSPS) is 12.1. The van der Waals surface area contributed by atoms with Crippen LogP contribution in [0.3, 0.4) is 0 Å². The maximum atomic E-state index is 5.34. The van der Waals surface area contributed by atoms with Gasteiger partial charge in [0.25, 0.3) is 0 Å². The van der Waals surface area contributed by atoms with Gasteiger partial charge in [-0.1, -0.05) is 44.2 Å². The van der Waals surface area contributed by atoms with Crippen molar-refractivity contribution in [1.82, 2.24) is 0 Å². The van der Waals surface area contributed by atoms with Gasteiger partial charge in [0.05, 0.1) is 0 Å². The van der Waals surface area contributed by atoms with Crippen LogP contribution in [-0.2, 0) is 0 Å². The summed E-state index contributed by atoms with van der Waals surface area (Å²) in [5, 5.41) is 0. The van der Waals surface area contributed by atoms with Crippen LogP contribution in [0.4, 0.5) is 0 Å². The first-order valence-corrected chi connectivity index (χ1v) is 4.35. The Hall–Kier alpha value is -1.48. The van der Waals surface area contributed by atoms with Crippen molar-refractivity contribution in [2.75, 3.05) is 0 Å². The fourth-order valence-electron chi connectivity index (χ4n) is 1.09. The van der Waals surface area contributed by atoms with E-state index in [0.29, 0.717) is 0 Å². The topological polar surface area (TPSA) is 0 Å². The first kappa shape index (κ1) is 11.5. The van der Waals surface area contributed by atoms with E-state index in [1.54, 1.807) is 6.08 Å². The van der Waals surface area contributed by atoms with Crippen molar-refractivity contribution < 1.29 is 0 Å². The molecule has 0 unspecified atom stereocenters. The van der Waals surface area contributed by atoms with Gasteiger partial charge in [-0.15, -0.1) is 6.42 Å². The summed E-state index contributed by atoms with van der Waals surface area (Å²) in [6.45, 7) is 11.6. The van der Waals surface area contributed by atoms with E-state index >= 15 is 0 Å². The van der Waals surface area contributed by atoms with Crippen molar-refractivity contribution in [1.29, 1.82) is 0 Å². The summed E-state index contributed by atoms with van der Waals surface area (Å²) in [4.78, 5) is 0. The SMILES string of the molecule is C#C/C(=C/C)C(=C)/C(=C/C=C)CC. The van der Waals surface area contributed by atoms with Gasteiger partial charge in [0.1, 0.15) is 0 Å². The average Bonchev–Trinajstić information content (AvgIpc) is 2.15. The summed E-state index contributed by atoms with van der Waals surface area (Å²) in [5.74, 6) is 2.61. The molecule has 0 aliphatic carbocycles. The molecule has 0 aromatic heterocycles. The second kappa shape index (κ2) is 6.08. The van der Waals surface area contributed by atoms with Gasteiger partial charge in [-0.05, 0) is 24.5 Å². The zero-order chi connectivity index (χ0) is 10.3. The van der Waals surface area contributed by atoms with Crippen LogP contribution in [0.1, 0.15) is 20.3 Å². The molecule has 13 heavy (non-hydrogen) atoms. The lowest BCUT2D eigenvalue weighted by atomic mass is 9.97. The summed E-state index contributed by atoms with van der Waals surface area (Å²) in [7, 11) is 0. The third-order valence-electron chi connectivity index (χ3n) is 1.86. The van der Waals surface area contributed by atoms with Crippen molar-refractivity contribution in [3.05, 3.63) is 48.1 Å². The van der Waals surface area contributed by atoms with Crippen LogP contribution in [0.2, 0.25) is 0 Å². The van der Waals surface area contributed by atoms with Gasteiger partial charge in [0.2, 0.25) is 0 Å². The molecule has 0 radical (unpaired) electrons. The number of hydrogen-bond donors (Lipinski definition) is 0. The molecule has 0 heterocycles. The molecular formula is C13H16. The highest BCUT2D eigenvalue weighted by Gasteiger charge is 2.02. The van der Waals surface area contributed by atoms with E-state index in [2.05, 4.69) is 26.0 Å². The predicted molar refractivity (Wildman–Crippen MR) is 60.3 cm³/mol. The molecule has 0 atom stereocenters. The highest BCUT2D eigenvalue weighted by atomic mass is 14.1. The Kier molecular flexibility index (Phi) is 5.39. The molecule has 0 spiro atoms. The van der Waals surface area contributed by atoms with Gasteiger partial charge in [0.15, 0.2) is 0 Å². The Morgan fingerprint density at radius 2 is 2.15 bits per heavy atom. The van der Waals surface area contributed by atoms with E-state index < -0.39 is 0 Å². The summed E-state index contributed by atoms with van der Waals surface area (Å²) >= 11 is 0. The summed E-state index contributed by atoms with van der Waals surface area (Å²) in [5.41, 5.74) is 2.92. The Morgan fingerprint density at radius 1 is 1.54 bits per heavy atom. The van der Waals surface area contributed by atoms with Crippen LogP contribution in [-0.4, -0.2) is 0 Å². The number of terminal acetylenes is 1. The van der Waals surface area contributed by atoms with Crippen LogP contribution in [0, 0.1) is 12.3 Å². The number of allylic oxidation sites excluding steroid dienone is 6. The summed E-state index contributed by atoms with van der Waals surface area (Å²) < 4.78 is 0. The lowest BCUT2D eigenvalue weighted by molar-refractivity contribution is 1.12. The van der Waals surface area contributed by atoms with Crippen molar-refractivity contribution >= 4 is 0 Å². The van der Waals surface area contributed by atoms with E-state index in [9.17, 15) is 0 Å². The van der Waals surface area contributed by atoms with Crippen LogP contribution in [0.5, 0.6) is 0 Å². The zero-order valence-electron chi connectivity index (χ0n) is 8.43. The fourth-order valence-corrected chi connectivity index (χ4v) is 1.09. The van der Waals surface area contributed by atoms with E-state index in [1.165, 1.54) is 0 Å². The largest absolute Gasteiger partial charge is 0.115 e. The fraction of sp³-hybridized carbons (Fsp3) is 0.231. The maximum Gasteiger partial charge on any atom is 0.0269 e. The summed E-state index contributed by atoms with van der Waals surface area (Å²) in [6, 6.07) is 0. The lowest BCUT2D eigenvalue weighted by Gasteiger charge is -2.07. The van der Waals surface area contributed by atoms with E-state index in [4.69, 9.17) is 6.42 Å². The average molecular weight is 172 g/mol. The molecular weight excluding hydrogens is 156 g/mol. The second-order valence-electron chi connectivity index (χ2n) is 2.61. The summed E-state index contributed by atoms with van der Waals surface area (Å²) in [6.07, 6.45) is 11.9. The van der Waals surface area contributed by atoms with E-state index in [-0.39, 0.29) is 0 Å². The van der Waals surface area contributed by atoms with Crippen molar-refractivity contribution in [3.8, 4) is 12.3 Å². The molecule has 0 nitrogen and oxygen atoms in total. The quantitative estimate of drug-likeness (QED) is 0.448. The minimum Gasteiger partial charge on any atom is -0.115 e. The standard InChI is InChI=1S/C13H16/c1-6-10-13(9-4)11(5)12(7-2)8-3/h2,6,8,10H,1,5,9H2,3-4H3/b12-8-,13-10+. The molecule has 0 aromatic rings. The Bertz CT molecular complexity index is 292. The minimum absolute atomic E-state index is 0.856. The van der Waals surface area contributed by atoms with Crippen LogP contribution >= 0.6 is 0 Å². The smallest absolute Gasteiger partial charge is 0.0269 e. The van der Waals surface area contributed by atoms with Crippen molar-refractivity contribution in [3.63, 3.8) is 0 Å². The number of rotatable bonds is 4. The molecule has 0 saturated carbocycles. The molecule has 0 heteroatoms. The van der Waals surface area contributed by atoms with Crippen LogP contribution in [0.25, 0.3) is 0 Å². The van der Waals surface area contributed by atoms with Gasteiger partial charge in [0, 0.05) is 5.57 Å². The molecule has 0 saturated heterocycles. The molecule has 0 amide bonds. The zero-order valence-corrected chi connectivity index (χ0v) is 8.43. The Morgan fingerprint density at radius 3 is 2.46 bits per heavy atom. The molecule has 0 bridgehead atoms. The van der Waals surface area contributed by atoms with Crippen molar-refractivity contribution in [2.24, 2.45) is 0 Å². The molecule has 68 valence electrons. The predicted octanol–water partition coefficient (Wildman–Crippen LogP) is 3.64. The highest BCUT2D eigenvalue weighted by Crippen LogP contribution is 2.19. The Labute approximate surface area is 81.4 Å². The molecule has 0 fully saturated rings. The molecule has 0 N–H and O–H groups in total. The molecule has 0 aromatic carbocycles. The van der Waals surface area contributed by atoms with Gasteiger partial charge in [-0.25, -0.2) is 0 Å². The maximum absolute atomic E-state index is 5.34. The third-order valence-corrected chi connectivity index (χ3v) is 1.86. The monoisotopic (exact) mass is 172 g/mol. The lowest BCUT2D eigenvalue weighted by Crippen LogP contribution is -1.89. The highest BCUT2D eigenvalue weighted by molar-refractivity contribution is 5.53.